The van der Waals surface area contributed by atoms with E-state index in [1.165, 1.54) is 18.2 Å². The largest absolute Gasteiger partial charge is 0.361 e. The fourth-order valence-electron chi connectivity index (χ4n) is 3.76. The van der Waals surface area contributed by atoms with E-state index in [0.29, 0.717) is 5.56 Å². The number of ketones is 1. The van der Waals surface area contributed by atoms with Gasteiger partial charge in [-0.25, -0.2) is 13.6 Å². The standard InChI is InChI=1S/C23H16ClN3O3S/c24-19-5-2-16(11-22(19)31(25,29)30)23(28)15-1-4-17-18(12-27-21(17)10-15)13-3-6-20-14(9-13)7-8-26-20/h1-12,26-27H,(H2,25,29,30). The smallest absolute Gasteiger partial charge is 0.239 e. The maximum absolute atomic E-state index is 13.0. The molecule has 0 bridgehead atoms. The van der Waals surface area contributed by atoms with E-state index in [1.54, 1.807) is 12.1 Å². The molecule has 0 unspecified atom stereocenters. The molecular formula is C23H16ClN3O3S. The number of fused-ring (bicyclic) bond motifs is 2. The van der Waals surface area contributed by atoms with Crippen LogP contribution in [0.25, 0.3) is 32.9 Å². The van der Waals surface area contributed by atoms with Crippen LogP contribution in [0.5, 0.6) is 0 Å². The summed E-state index contributed by atoms with van der Waals surface area (Å²) >= 11 is 5.92. The van der Waals surface area contributed by atoms with Gasteiger partial charge in [-0.2, -0.15) is 0 Å². The van der Waals surface area contributed by atoms with E-state index in [-0.39, 0.29) is 21.3 Å². The highest BCUT2D eigenvalue weighted by atomic mass is 35.5. The number of nitrogens with two attached hydrogens (primary N) is 1. The molecule has 3 aromatic carbocycles. The molecule has 0 fully saturated rings. The zero-order valence-corrected chi connectivity index (χ0v) is 17.6. The van der Waals surface area contributed by atoms with Crippen molar-refractivity contribution in [3.63, 3.8) is 0 Å². The van der Waals surface area contributed by atoms with Gasteiger partial charge in [0.2, 0.25) is 10.0 Å². The number of carbonyl (C=O) groups excluding carboxylic acids is 1. The molecule has 0 spiro atoms. The number of nitrogens with one attached hydrogen (secondary N) is 2. The van der Waals surface area contributed by atoms with Gasteiger partial charge in [-0.05, 0) is 53.4 Å². The van der Waals surface area contributed by atoms with Crippen LogP contribution < -0.4 is 5.14 Å². The first-order valence-corrected chi connectivity index (χ1v) is 11.3. The summed E-state index contributed by atoms with van der Waals surface area (Å²) in [5.74, 6) is -0.326. The van der Waals surface area contributed by atoms with Crippen molar-refractivity contribution in [3.8, 4) is 11.1 Å². The summed E-state index contributed by atoms with van der Waals surface area (Å²) in [7, 11) is -4.04. The highest BCUT2D eigenvalue weighted by molar-refractivity contribution is 7.89. The number of rotatable bonds is 4. The minimum atomic E-state index is -4.04. The fourth-order valence-corrected chi connectivity index (χ4v) is 4.83. The number of primary sulfonamides is 1. The fraction of sp³-hybridized carbons (Fsp3) is 0. The molecule has 0 amide bonds. The van der Waals surface area contributed by atoms with Crippen molar-refractivity contribution in [3.05, 3.63) is 89.2 Å². The number of H-pyrrole nitrogens is 2. The van der Waals surface area contributed by atoms with Gasteiger partial charge in [0, 0.05) is 45.5 Å². The Balaban J connectivity index is 1.55. The molecule has 2 heterocycles. The van der Waals surface area contributed by atoms with Crippen LogP contribution in [0.4, 0.5) is 0 Å². The van der Waals surface area contributed by atoms with Crippen molar-refractivity contribution in [2.75, 3.05) is 0 Å². The van der Waals surface area contributed by atoms with Gasteiger partial charge in [-0.1, -0.05) is 29.8 Å². The number of halogens is 1. The molecule has 5 aromatic rings. The van der Waals surface area contributed by atoms with Gasteiger partial charge in [0.1, 0.15) is 4.90 Å². The second kappa shape index (κ2) is 7.09. The number of aromatic amines is 2. The number of hydrogen-bond acceptors (Lipinski definition) is 3. The Kier molecular flexibility index (Phi) is 4.48. The number of carbonyl (C=O) groups is 1. The van der Waals surface area contributed by atoms with E-state index in [1.807, 2.05) is 36.7 Å². The highest BCUT2D eigenvalue weighted by Gasteiger charge is 2.18. The number of aromatic nitrogens is 2. The van der Waals surface area contributed by atoms with Crippen molar-refractivity contribution < 1.29 is 13.2 Å². The van der Waals surface area contributed by atoms with Gasteiger partial charge < -0.3 is 9.97 Å². The van der Waals surface area contributed by atoms with Crippen molar-refractivity contribution in [2.24, 2.45) is 5.14 Å². The van der Waals surface area contributed by atoms with Crippen LogP contribution in [0.2, 0.25) is 5.02 Å². The maximum Gasteiger partial charge on any atom is 0.239 e. The first kappa shape index (κ1) is 19.6. The van der Waals surface area contributed by atoms with Gasteiger partial charge in [-0.3, -0.25) is 4.79 Å². The van der Waals surface area contributed by atoms with E-state index in [2.05, 4.69) is 16.0 Å². The molecule has 154 valence electrons. The molecule has 0 aliphatic heterocycles. The van der Waals surface area contributed by atoms with Crippen LogP contribution >= 0.6 is 11.6 Å². The van der Waals surface area contributed by atoms with Gasteiger partial charge in [0.05, 0.1) is 5.02 Å². The summed E-state index contributed by atoms with van der Waals surface area (Å²) in [5, 5.41) is 7.27. The molecule has 0 aliphatic rings. The zero-order chi connectivity index (χ0) is 21.8. The zero-order valence-electron chi connectivity index (χ0n) is 16.0. The van der Waals surface area contributed by atoms with E-state index in [9.17, 15) is 13.2 Å². The summed E-state index contributed by atoms with van der Waals surface area (Å²) in [5.41, 5.74) is 4.57. The quantitative estimate of drug-likeness (QED) is 0.341. The van der Waals surface area contributed by atoms with Crippen LogP contribution in [0.15, 0.2) is 78.0 Å². The molecule has 0 atom stereocenters. The second-order valence-corrected chi connectivity index (χ2v) is 9.20. The third kappa shape index (κ3) is 3.42. The Bertz CT molecular complexity index is 1600. The highest BCUT2D eigenvalue weighted by Crippen LogP contribution is 2.32. The van der Waals surface area contributed by atoms with E-state index in [0.717, 1.165) is 32.9 Å². The average molecular weight is 450 g/mol. The minimum Gasteiger partial charge on any atom is -0.361 e. The summed E-state index contributed by atoms with van der Waals surface area (Å²) in [6.07, 6.45) is 3.81. The number of hydrogen-bond donors (Lipinski definition) is 3. The molecule has 4 N–H and O–H groups in total. The first-order valence-electron chi connectivity index (χ1n) is 9.37. The predicted octanol–water partition coefficient (Wildman–Crippen LogP) is 4.85. The molecule has 5 rings (SSSR count). The second-order valence-electron chi connectivity index (χ2n) is 7.26. The molecule has 6 nitrogen and oxygen atoms in total. The molecule has 0 saturated carbocycles. The topological polar surface area (TPSA) is 109 Å². The maximum atomic E-state index is 13.0. The van der Waals surface area contributed by atoms with Crippen LogP contribution in [0.3, 0.4) is 0 Å². The lowest BCUT2D eigenvalue weighted by Gasteiger charge is -2.06. The molecule has 8 heteroatoms. The molecule has 0 radical (unpaired) electrons. The normalized spacial score (nSPS) is 11.9. The summed E-state index contributed by atoms with van der Waals surface area (Å²) in [4.78, 5) is 19.1. The Morgan fingerprint density at radius 1 is 0.871 bits per heavy atom. The lowest BCUT2D eigenvalue weighted by Crippen LogP contribution is -2.14. The van der Waals surface area contributed by atoms with Crippen LogP contribution in [0.1, 0.15) is 15.9 Å². The van der Waals surface area contributed by atoms with Crippen LogP contribution in [0, 0.1) is 0 Å². The molecule has 0 saturated heterocycles. The lowest BCUT2D eigenvalue weighted by atomic mass is 9.99. The lowest BCUT2D eigenvalue weighted by molar-refractivity contribution is 0.103. The van der Waals surface area contributed by atoms with Crippen molar-refractivity contribution in [1.29, 1.82) is 0 Å². The summed E-state index contributed by atoms with van der Waals surface area (Å²) in [6, 6.07) is 17.6. The number of benzene rings is 3. The van der Waals surface area contributed by atoms with Gasteiger partial charge in [0.25, 0.3) is 0 Å². The summed E-state index contributed by atoms with van der Waals surface area (Å²) in [6.45, 7) is 0. The van der Waals surface area contributed by atoms with E-state index >= 15 is 0 Å². The Hall–Kier alpha value is -3.39. The monoisotopic (exact) mass is 449 g/mol. The van der Waals surface area contributed by atoms with E-state index in [4.69, 9.17) is 16.7 Å². The molecule has 0 aliphatic carbocycles. The molecular weight excluding hydrogens is 434 g/mol. The third-order valence-corrected chi connectivity index (χ3v) is 6.70. The van der Waals surface area contributed by atoms with Crippen molar-refractivity contribution >= 4 is 49.2 Å². The summed E-state index contributed by atoms with van der Waals surface area (Å²) < 4.78 is 23.4. The SMILES string of the molecule is NS(=O)(=O)c1cc(C(=O)c2ccc3c(-c4ccc5[nH]ccc5c4)c[nH]c3c2)ccc1Cl. The third-order valence-electron chi connectivity index (χ3n) is 5.31. The van der Waals surface area contributed by atoms with Gasteiger partial charge >= 0.3 is 0 Å². The molecule has 2 aromatic heterocycles. The minimum absolute atomic E-state index is 0.0251. The van der Waals surface area contributed by atoms with Gasteiger partial charge in [-0.15, -0.1) is 0 Å². The molecule has 31 heavy (non-hydrogen) atoms. The van der Waals surface area contributed by atoms with Crippen LogP contribution in [-0.2, 0) is 10.0 Å². The Morgan fingerprint density at radius 2 is 1.65 bits per heavy atom. The van der Waals surface area contributed by atoms with Gasteiger partial charge in [0.15, 0.2) is 5.78 Å². The number of sulfonamides is 1. The average Bonchev–Trinajstić information content (AvgIpc) is 3.38. The first-order chi connectivity index (χ1) is 14.8. The van der Waals surface area contributed by atoms with Crippen LogP contribution in [-0.4, -0.2) is 24.2 Å². The van der Waals surface area contributed by atoms with Crippen molar-refractivity contribution in [2.45, 2.75) is 4.90 Å². The Labute approximate surface area is 182 Å². The van der Waals surface area contributed by atoms with E-state index < -0.39 is 10.0 Å². The van der Waals surface area contributed by atoms with Crippen molar-refractivity contribution in [1.82, 2.24) is 9.97 Å². The Morgan fingerprint density at radius 3 is 2.45 bits per heavy atom. The predicted molar refractivity (Wildman–Crippen MR) is 122 cm³/mol.